The number of carbonyl (C=O) groups is 1. The molecule has 23 heavy (non-hydrogen) atoms. The highest BCUT2D eigenvalue weighted by molar-refractivity contribution is 6.07. The van der Waals surface area contributed by atoms with Crippen LogP contribution in [-0.2, 0) is 7.05 Å². The lowest BCUT2D eigenvalue weighted by Gasteiger charge is -2.05. The maximum Gasteiger partial charge on any atom is 0.272 e. The van der Waals surface area contributed by atoms with Gasteiger partial charge in [-0.15, -0.1) is 0 Å². The van der Waals surface area contributed by atoms with Gasteiger partial charge in [0.15, 0.2) is 0 Å². The van der Waals surface area contributed by atoms with Crippen LogP contribution in [0.25, 0.3) is 10.9 Å². The Hall–Kier alpha value is -2.76. The second kappa shape index (κ2) is 5.79. The number of aryl methyl sites for hydroxylation is 1. The highest BCUT2D eigenvalue weighted by Crippen LogP contribution is 2.28. The third-order valence-electron chi connectivity index (χ3n) is 3.89. The number of rotatable bonds is 4. The van der Waals surface area contributed by atoms with Crippen LogP contribution in [0.15, 0.2) is 36.7 Å². The molecule has 6 nitrogen and oxygen atoms in total. The lowest BCUT2D eigenvalue weighted by atomic mass is 10.2. The van der Waals surface area contributed by atoms with E-state index in [1.165, 1.54) is 0 Å². The summed E-state index contributed by atoms with van der Waals surface area (Å²) in [6.07, 6.45) is 3.48. The first-order valence-electron chi connectivity index (χ1n) is 7.49. The quantitative estimate of drug-likeness (QED) is 0.804. The fourth-order valence-corrected chi connectivity index (χ4v) is 2.61. The molecule has 6 heteroatoms. The van der Waals surface area contributed by atoms with Crippen molar-refractivity contribution in [2.24, 2.45) is 7.05 Å². The molecule has 2 heterocycles. The van der Waals surface area contributed by atoms with Crippen molar-refractivity contribution in [1.29, 1.82) is 0 Å². The average molecular weight is 312 g/mol. The fourth-order valence-electron chi connectivity index (χ4n) is 2.61. The summed E-state index contributed by atoms with van der Waals surface area (Å²) in [6, 6.07) is 7.86. The monoisotopic (exact) mass is 312 g/mol. The van der Waals surface area contributed by atoms with E-state index in [0.717, 1.165) is 16.7 Å². The van der Waals surface area contributed by atoms with Gasteiger partial charge >= 0.3 is 0 Å². The van der Waals surface area contributed by atoms with Crippen molar-refractivity contribution in [3.8, 4) is 5.75 Å². The molecule has 0 atom stereocenters. The van der Waals surface area contributed by atoms with Crippen molar-refractivity contribution in [2.75, 3.05) is 12.4 Å². The van der Waals surface area contributed by atoms with Crippen LogP contribution >= 0.6 is 0 Å². The topological polar surface area (TPSA) is 61.1 Å². The van der Waals surface area contributed by atoms with Crippen molar-refractivity contribution in [3.05, 3.63) is 42.4 Å². The van der Waals surface area contributed by atoms with Gasteiger partial charge in [-0.05, 0) is 32.0 Å². The molecule has 120 valence electrons. The number of hydrogen-bond donors (Lipinski definition) is 1. The van der Waals surface area contributed by atoms with Crippen molar-refractivity contribution < 1.29 is 9.53 Å². The summed E-state index contributed by atoms with van der Waals surface area (Å²) in [6.45, 7) is 4.07. The van der Waals surface area contributed by atoms with Crippen LogP contribution in [0.5, 0.6) is 5.75 Å². The fraction of sp³-hybridized carbons (Fsp3) is 0.294. The van der Waals surface area contributed by atoms with E-state index in [1.807, 2.05) is 55.9 Å². The number of benzene rings is 1. The molecule has 1 N–H and O–H groups in total. The number of fused-ring (bicyclic) bond motifs is 1. The van der Waals surface area contributed by atoms with Gasteiger partial charge in [-0.25, -0.2) is 0 Å². The summed E-state index contributed by atoms with van der Waals surface area (Å²) in [5.41, 5.74) is 2.20. The van der Waals surface area contributed by atoms with Crippen LogP contribution in [0.4, 0.5) is 5.69 Å². The molecule has 0 aliphatic rings. The normalized spacial score (nSPS) is 11.2. The molecule has 3 aromatic rings. The zero-order chi connectivity index (χ0) is 16.6. The van der Waals surface area contributed by atoms with E-state index in [4.69, 9.17) is 4.74 Å². The van der Waals surface area contributed by atoms with Gasteiger partial charge in [-0.3, -0.25) is 9.48 Å². The number of aromatic nitrogens is 3. The van der Waals surface area contributed by atoms with Gasteiger partial charge in [0.1, 0.15) is 11.4 Å². The van der Waals surface area contributed by atoms with Crippen LogP contribution in [0.2, 0.25) is 0 Å². The molecule has 1 aromatic carbocycles. The minimum absolute atomic E-state index is 0.172. The Morgan fingerprint density at radius 3 is 2.78 bits per heavy atom. The Morgan fingerprint density at radius 1 is 1.35 bits per heavy atom. The number of methoxy groups -OCH3 is 1. The summed E-state index contributed by atoms with van der Waals surface area (Å²) in [5, 5.41) is 8.04. The number of hydrogen-bond acceptors (Lipinski definition) is 3. The van der Waals surface area contributed by atoms with Crippen LogP contribution < -0.4 is 10.1 Å². The Bertz CT molecular complexity index is 861. The number of nitrogens with zero attached hydrogens (tertiary/aromatic N) is 3. The van der Waals surface area contributed by atoms with Gasteiger partial charge < -0.3 is 14.6 Å². The van der Waals surface area contributed by atoms with Gasteiger partial charge in [-0.2, -0.15) is 5.10 Å². The van der Waals surface area contributed by atoms with Crippen LogP contribution in [-0.4, -0.2) is 27.4 Å². The Balaban J connectivity index is 1.93. The van der Waals surface area contributed by atoms with E-state index in [9.17, 15) is 4.79 Å². The molecule has 0 radical (unpaired) electrons. The summed E-state index contributed by atoms with van der Waals surface area (Å²) >= 11 is 0. The number of nitrogens with one attached hydrogen (secondary N) is 1. The molecule has 0 fully saturated rings. The third-order valence-corrected chi connectivity index (χ3v) is 3.89. The molecule has 0 bridgehead atoms. The first kappa shape index (κ1) is 15.1. The predicted molar refractivity (Wildman–Crippen MR) is 90.0 cm³/mol. The summed E-state index contributed by atoms with van der Waals surface area (Å²) < 4.78 is 9.03. The second-order valence-electron chi connectivity index (χ2n) is 5.74. The molecular weight excluding hydrogens is 292 g/mol. The van der Waals surface area contributed by atoms with Gasteiger partial charge in [0.05, 0.1) is 24.5 Å². The maximum absolute atomic E-state index is 12.6. The summed E-state index contributed by atoms with van der Waals surface area (Å²) in [5.74, 6) is 0.582. The van der Waals surface area contributed by atoms with E-state index in [2.05, 4.69) is 10.4 Å². The molecule has 0 saturated heterocycles. The molecule has 0 unspecified atom stereocenters. The molecular formula is C17H20N4O2. The molecule has 0 spiro atoms. The van der Waals surface area contributed by atoms with Crippen molar-refractivity contribution in [1.82, 2.24) is 14.3 Å². The lowest BCUT2D eigenvalue weighted by Crippen LogP contribution is -2.15. The Morgan fingerprint density at radius 2 is 2.13 bits per heavy atom. The molecule has 3 rings (SSSR count). The first-order valence-corrected chi connectivity index (χ1v) is 7.49. The highest BCUT2D eigenvalue weighted by Gasteiger charge is 2.16. The summed E-state index contributed by atoms with van der Waals surface area (Å²) in [4.78, 5) is 12.6. The zero-order valence-corrected chi connectivity index (χ0v) is 13.7. The highest BCUT2D eigenvalue weighted by atomic mass is 16.5. The van der Waals surface area contributed by atoms with Gasteiger partial charge in [-0.1, -0.05) is 6.07 Å². The number of carbonyl (C=O) groups excluding carboxylic acids is 1. The van der Waals surface area contributed by atoms with Crippen molar-refractivity contribution >= 4 is 22.5 Å². The Labute approximate surface area is 134 Å². The van der Waals surface area contributed by atoms with E-state index in [0.29, 0.717) is 11.4 Å². The summed E-state index contributed by atoms with van der Waals surface area (Å²) in [7, 11) is 3.50. The Kier molecular flexibility index (Phi) is 3.82. The lowest BCUT2D eigenvalue weighted by molar-refractivity contribution is 0.101. The van der Waals surface area contributed by atoms with E-state index in [-0.39, 0.29) is 11.9 Å². The van der Waals surface area contributed by atoms with Gasteiger partial charge in [0, 0.05) is 24.7 Å². The maximum atomic E-state index is 12.6. The van der Waals surface area contributed by atoms with Crippen molar-refractivity contribution in [2.45, 2.75) is 19.9 Å². The smallest absolute Gasteiger partial charge is 0.272 e. The predicted octanol–water partition coefficient (Wildman–Crippen LogP) is 3.22. The minimum atomic E-state index is -0.172. The van der Waals surface area contributed by atoms with Gasteiger partial charge in [0.25, 0.3) is 5.91 Å². The van der Waals surface area contributed by atoms with Crippen molar-refractivity contribution in [3.63, 3.8) is 0 Å². The minimum Gasteiger partial charge on any atom is -0.496 e. The zero-order valence-electron chi connectivity index (χ0n) is 13.7. The van der Waals surface area contributed by atoms with Gasteiger partial charge in [0.2, 0.25) is 0 Å². The average Bonchev–Trinajstić information content (AvgIpc) is 3.12. The molecule has 0 aliphatic heterocycles. The first-order chi connectivity index (χ1) is 11.0. The van der Waals surface area contributed by atoms with E-state index < -0.39 is 0 Å². The van der Waals surface area contributed by atoms with E-state index in [1.54, 1.807) is 18.0 Å². The number of amides is 1. The third kappa shape index (κ3) is 2.67. The molecule has 2 aromatic heterocycles. The second-order valence-corrected chi connectivity index (χ2v) is 5.74. The SMILES string of the molecule is COc1cccc2c1cc(C(=O)Nc1cnn(C(C)C)c1)n2C. The molecule has 1 amide bonds. The largest absolute Gasteiger partial charge is 0.496 e. The molecule has 0 aliphatic carbocycles. The van der Waals surface area contributed by atoms with Crippen LogP contribution in [0.1, 0.15) is 30.4 Å². The molecule has 0 saturated carbocycles. The number of ether oxygens (including phenoxy) is 1. The van der Waals surface area contributed by atoms with Crippen LogP contribution in [0.3, 0.4) is 0 Å². The van der Waals surface area contributed by atoms with Crippen LogP contribution in [0, 0.1) is 0 Å². The van der Waals surface area contributed by atoms with E-state index >= 15 is 0 Å². The standard InChI is InChI=1S/C17H20N4O2/c1-11(2)21-10-12(9-18-21)19-17(22)15-8-13-14(20(15)3)6-5-7-16(13)23-4/h5-11H,1-4H3,(H,19,22). The number of anilines is 1.